The third-order valence-electron chi connectivity index (χ3n) is 2.34. The van der Waals surface area contributed by atoms with Gasteiger partial charge in [0.25, 0.3) is 0 Å². The van der Waals surface area contributed by atoms with Crippen molar-refractivity contribution in [3.8, 4) is 0 Å². The minimum absolute atomic E-state index is 0.201. The monoisotopic (exact) mass is 244 g/mol. The minimum atomic E-state index is 0.201. The maximum atomic E-state index is 11.3. The second kappa shape index (κ2) is 10.5. The van der Waals surface area contributed by atoms with Gasteiger partial charge in [0.05, 0.1) is 0 Å². The normalized spacial score (nSPS) is 10.9. The molecule has 0 spiro atoms. The summed E-state index contributed by atoms with van der Waals surface area (Å²) < 4.78 is 5.47. The van der Waals surface area contributed by atoms with Gasteiger partial charge in [-0.05, 0) is 31.8 Å². The number of nitrogens with zero attached hydrogens (tertiary/aromatic N) is 1. The first-order valence-electron chi connectivity index (χ1n) is 6.52. The zero-order chi connectivity index (χ0) is 13.1. The summed E-state index contributed by atoms with van der Waals surface area (Å²) in [6.07, 6.45) is 2.57. The zero-order valence-electron chi connectivity index (χ0n) is 11.8. The van der Waals surface area contributed by atoms with Crippen molar-refractivity contribution >= 4 is 5.91 Å². The fraction of sp³-hybridized carbons (Fsp3) is 0.923. The lowest BCUT2D eigenvalue weighted by Crippen LogP contribution is -2.24. The van der Waals surface area contributed by atoms with E-state index in [4.69, 9.17) is 4.74 Å². The van der Waals surface area contributed by atoms with Gasteiger partial charge in [0.1, 0.15) is 0 Å². The highest BCUT2D eigenvalue weighted by Crippen LogP contribution is 1.94. The number of nitrogens with one attached hydrogen (secondary N) is 1. The van der Waals surface area contributed by atoms with Crippen LogP contribution in [-0.4, -0.2) is 51.2 Å². The predicted molar refractivity (Wildman–Crippen MR) is 71.1 cm³/mol. The van der Waals surface area contributed by atoms with Crippen molar-refractivity contribution in [1.82, 2.24) is 10.2 Å². The van der Waals surface area contributed by atoms with Crippen LogP contribution in [-0.2, 0) is 9.53 Å². The van der Waals surface area contributed by atoms with Crippen molar-refractivity contribution in [3.63, 3.8) is 0 Å². The summed E-state index contributed by atoms with van der Waals surface area (Å²) in [6.45, 7) is 7.84. The fourth-order valence-corrected chi connectivity index (χ4v) is 1.33. The molecule has 4 nitrogen and oxygen atoms in total. The van der Waals surface area contributed by atoms with Crippen LogP contribution in [0.2, 0.25) is 0 Å². The largest absolute Gasteiger partial charge is 0.381 e. The quantitative estimate of drug-likeness (QED) is 0.592. The first-order chi connectivity index (χ1) is 8.04. The molecule has 102 valence electrons. The molecule has 0 saturated carbocycles. The maximum Gasteiger partial charge on any atom is 0.222 e. The Morgan fingerprint density at radius 1 is 1.24 bits per heavy atom. The number of hydrogen-bond acceptors (Lipinski definition) is 3. The molecule has 0 aliphatic rings. The van der Waals surface area contributed by atoms with E-state index in [1.807, 2.05) is 0 Å². The van der Waals surface area contributed by atoms with Gasteiger partial charge in [-0.25, -0.2) is 0 Å². The molecule has 0 aromatic rings. The summed E-state index contributed by atoms with van der Waals surface area (Å²) in [5, 5.41) is 3.32. The molecule has 0 unspecified atom stereocenters. The Labute approximate surface area is 106 Å². The van der Waals surface area contributed by atoms with Gasteiger partial charge in [0.15, 0.2) is 0 Å². The lowest BCUT2D eigenvalue weighted by molar-refractivity contribution is -0.128. The Morgan fingerprint density at radius 2 is 1.88 bits per heavy atom. The third kappa shape index (κ3) is 11.6. The summed E-state index contributed by atoms with van der Waals surface area (Å²) in [4.78, 5) is 12.9. The molecule has 1 amide bonds. The van der Waals surface area contributed by atoms with Gasteiger partial charge >= 0.3 is 0 Å². The Balaban J connectivity index is 3.11. The molecule has 0 fully saturated rings. The molecule has 0 saturated heterocycles. The smallest absolute Gasteiger partial charge is 0.222 e. The van der Waals surface area contributed by atoms with E-state index in [0.717, 1.165) is 39.1 Å². The summed E-state index contributed by atoms with van der Waals surface area (Å²) in [5.74, 6) is 0.812. The van der Waals surface area contributed by atoms with Gasteiger partial charge in [-0.15, -0.1) is 0 Å². The first kappa shape index (κ1) is 16.4. The highest BCUT2D eigenvalue weighted by Gasteiger charge is 2.02. The van der Waals surface area contributed by atoms with E-state index in [9.17, 15) is 4.79 Å². The molecular weight excluding hydrogens is 216 g/mol. The number of ether oxygens (including phenoxy) is 1. The first-order valence-corrected chi connectivity index (χ1v) is 6.52. The number of carbonyl (C=O) groups excluding carboxylic acids is 1. The molecule has 0 rings (SSSR count). The van der Waals surface area contributed by atoms with Crippen LogP contribution < -0.4 is 5.32 Å². The van der Waals surface area contributed by atoms with Crippen molar-refractivity contribution < 1.29 is 9.53 Å². The highest BCUT2D eigenvalue weighted by molar-refractivity contribution is 5.75. The van der Waals surface area contributed by atoms with Crippen LogP contribution in [0.1, 0.15) is 33.1 Å². The molecule has 0 aliphatic heterocycles. The fourth-order valence-electron chi connectivity index (χ4n) is 1.33. The van der Waals surface area contributed by atoms with Crippen LogP contribution >= 0.6 is 0 Å². The molecular formula is C13H28N2O2. The highest BCUT2D eigenvalue weighted by atomic mass is 16.5. The van der Waals surface area contributed by atoms with Gasteiger partial charge in [0.2, 0.25) is 5.91 Å². The second-order valence-corrected chi connectivity index (χ2v) is 4.96. The average molecular weight is 244 g/mol. The van der Waals surface area contributed by atoms with Crippen molar-refractivity contribution in [2.45, 2.75) is 33.1 Å². The Morgan fingerprint density at radius 3 is 2.47 bits per heavy atom. The van der Waals surface area contributed by atoms with Gasteiger partial charge in [-0.1, -0.05) is 13.8 Å². The maximum absolute atomic E-state index is 11.3. The number of rotatable bonds is 10. The molecule has 0 aliphatic carbocycles. The lowest BCUT2D eigenvalue weighted by atomic mass is 10.2. The number of amides is 1. The summed E-state index contributed by atoms with van der Waals surface area (Å²) in [6, 6.07) is 0. The molecule has 0 aromatic carbocycles. The van der Waals surface area contributed by atoms with Crippen LogP contribution in [0, 0.1) is 5.92 Å². The second-order valence-electron chi connectivity index (χ2n) is 4.96. The van der Waals surface area contributed by atoms with Gasteiger partial charge in [0, 0.05) is 33.7 Å². The van der Waals surface area contributed by atoms with E-state index < -0.39 is 0 Å². The van der Waals surface area contributed by atoms with E-state index in [1.165, 1.54) is 0 Å². The van der Waals surface area contributed by atoms with Crippen LogP contribution in [0.15, 0.2) is 0 Å². The van der Waals surface area contributed by atoms with E-state index in [0.29, 0.717) is 12.3 Å². The Bertz CT molecular complexity index is 194. The molecule has 1 N–H and O–H groups in total. The van der Waals surface area contributed by atoms with Crippen molar-refractivity contribution in [3.05, 3.63) is 0 Å². The molecule has 0 heterocycles. The van der Waals surface area contributed by atoms with E-state index in [2.05, 4.69) is 19.2 Å². The van der Waals surface area contributed by atoms with Crippen LogP contribution in [0.4, 0.5) is 0 Å². The standard InChI is InChI=1S/C13H28N2O2/c1-12(2)11-17-10-6-9-14-8-5-7-13(16)15(3)4/h12,14H,5-11H2,1-4H3. The van der Waals surface area contributed by atoms with Gasteiger partial charge in [-0.3, -0.25) is 4.79 Å². The summed E-state index contributed by atoms with van der Waals surface area (Å²) >= 11 is 0. The SMILES string of the molecule is CC(C)COCCCNCCCC(=O)N(C)C. The predicted octanol–water partition coefficient (Wildman–Crippen LogP) is 1.51. The third-order valence-corrected chi connectivity index (χ3v) is 2.34. The zero-order valence-corrected chi connectivity index (χ0v) is 11.8. The van der Waals surface area contributed by atoms with Crippen molar-refractivity contribution in [1.29, 1.82) is 0 Å². The summed E-state index contributed by atoms with van der Waals surface area (Å²) in [7, 11) is 3.59. The Kier molecular flexibility index (Phi) is 10.2. The van der Waals surface area contributed by atoms with Gasteiger partial charge in [-0.2, -0.15) is 0 Å². The Hall–Kier alpha value is -0.610. The number of hydrogen-bond donors (Lipinski definition) is 1. The van der Waals surface area contributed by atoms with Crippen molar-refractivity contribution in [2.75, 3.05) is 40.4 Å². The molecule has 0 atom stereocenters. The minimum Gasteiger partial charge on any atom is -0.381 e. The van der Waals surface area contributed by atoms with Crippen LogP contribution in [0.3, 0.4) is 0 Å². The van der Waals surface area contributed by atoms with E-state index in [1.54, 1.807) is 19.0 Å². The summed E-state index contributed by atoms with van der Waals surface area (Å²) in [5.41, 5.74) is 0. The van der Waals surface area contributed by atoms with Crippen molar-refractivity contribution in [2.24, 2.45) is 5.92 Å². The average Bonchev–Trinajstić information content (AvgIpc) is 2.25. The molecule has 0 radical (unpaired) electrons. The molecule has 0 bridgehead atoms. The van der Waals surface area contributed by atoms with Crippen LogP contribution in [0.5, 0.6) is 0 Å². The molecule has 4 heteroatoms. The van der Waals surface area contributed by atoms with Crippen LogP contribution in [0.25, 0.3) is 0 Å². The van der Waals surface area contributed by atoms with Gasteiger partial charge < -0.3 is 15.0 Å². The number of carbonyl (C=O) groups is 1. The molecule has 17 heavy (non-hydrogen) atoms. The molecule has 0 aromatic heterocycles. The van der Waals surface area contributed by atoms with E-state index in [-0.39, 0.29) is 5.91 Å². The lowest BCUT2D eigenvalue weighted by Gasteiger charge is -2.10. The topological polar surface area (TPSA) is 41.6 Å². The van der Waals surface area contributed by atoms with E-state index >= 15 is 0 Å².